The summed E-state index contributed by atoms with van der Waals surface area (Å²) < 4.78 is 0. The van der Waals surface area contributed by atoms with Gasteiger partial charge in [-0.25, -0.2) is 0 Å². The molecule has 0 bridgehead atoms. The lowest BCUT2D eigenvalue weighted by Gasteiger charge is -2.30. The number of aromatic hydroxyl groups is 1. The van der Waals surface area contributed by atoms with Crippen LogP contribution in [0.25, 0.3) is 0 Å². The number of halogens is 1. The molecular formula is C15H23ClN2O. The number of phenolic OH excluding ortho intramolecular Hbond substituents is 1. The fourth-order valence-corrected chi connectivity index (χ4v) is 2.62. The zero-order valence-corrected chi connectivity index (χ0v) is 12.3. The van der Waals surface area contributed by atoms with Crippen molar-refractivity contribution in [2.24, 2.45) is 5.92 Å². The summed E-state index contributed by atoms with van der Waals surface area (Å²) in [7, 11) is 0. The Morgan fingerprint density at radius 3 is 2.79 bits per heavy atom. The summed E-state index contributed by atoms with van der Waals surface area (Å²) in [5.74, 6) is 1.04. The van der Waals surface area contributed by atoms with E-state index in [1.54, 1.807) is 6.07 Å². The van der Waals surface area contributed by atoms with Crippen molar-refractivity contribution in [3.63, 3.8) is 0 Å². The zero-order valence-electron chi connectivity index (χ0n) is 11.5. The molecule has 0 aromatic heterocycles. The highest BCUT2D eigenvalue weighted by molar-refractivity contribution is 6.32. The van der Waals surface area contributed by atoms with Gasteiger partial charge in [-0.15, -0.1) is 0 Å². The van der Waals surface area contributed by atoms with E-state index in [0.29, 0.717) is 5.02 Å². The quantitative estimate of drug-likeness (QED) is 0.815. The lowest BCUT2D eigenvalue weighted by molar-refractivity contribution is 0.193. The summed E-state index contributed by atoms with van der Waals surface area (Å²) in [5, 5.41) is 13.2. The molecule has 0 radical (unpaired) electrons. The number of hydrogen-bond acceptors (Lipinski definition) is 3. The van der Waals surface area contributed by atoms with Crippen LogP contribution in [0.15, 0.2) is 18.2 Å². The largest absolute Gasteiger partial charge is 0.506 e. The van der Waals surface area contributed by atoms with Crippen LogP contribution in [-0.2, 0) is 6.54 Å². The molecule has 1 fully saturated rings. The van der Waals surface area contributed by atoms with Crippen LogP contribution in [0.2, 0.25) is 5.02 Å². The molecule has 19 heavy (non-hydrogen) atoms. The maximum Gasteiger partial charge on any atom is 0.134 e. The van der Waals surface area contributed by atoms with E-state index in [1.807, 2.05) is 12.1 Å². The Morgan fingerprint density at radius 1 is 1.37 bits per heavy atom. The molecule has 0 saturated carbocycles. The summed E-state index contributed by atoms with van der Waals surface area (Å²) in [5.41, 5.74) is 1.11. The minimum atomic E-state index is 0.146. The van der Waals surface area contributed by atoms with Crippen molar-refractivity contribution in [3.05, 3.63) is 28.8 Å². The first-order valence-corrected chi connectivity index (χ1v) is 7.43. The maximum absolute atomic E-state index is 9.35. The number of nitrogens with zero attached hydrogens (tertiary/aromatic N) is 1. The maximum atomic E-state index is 9.35. The monoisotopic (exact) mass is 282 g/mol. The predicted octanol–water partition coefficient (Wildman–Crippen LogP) is 2.87. The first-order chi connectivity index (χ1) is 9.15. The van der Waals surface area contributed by atoms with Crippen LogP contribution in [0.3, 0.4) is 0 Å². The first kappa shape index (κ1) is 14.6. The van der Waals surface area contributed by atoms with Gasteiger partial charge in [-0.1, -0.05) is 24.6 Å². The van der Waals surface area contributed by atoms with E-state index in [0.717, 1.165) is 31.1 Å². The van der Waals surface area contributed by atoms with E-state index in [2.05, 4.69) is 17.1 Å². The lowest BCUT2D eigenvalue weighted by atomic mass is 9.99. The smallest absolute Gasteiger partial charge is 0.134 e. The second-order valence-electron chi connectivity index (χ2n) is 5.49. The summed E-state index contributed by atoms with van der Waals surface area (Å²) >= 11 is 5.88. The van der Waals surface area contributed by atoms with Gasteiger partial charge in [-0.05, 0) is 49.5 Å². The van der Waals surface area contributed by atoms with Crippen molar-refractivity contribution in [3.8, 4) is 5.75 Å². The molecule has 0 aliphatic carbocycles. The van der Waals surface area contributed by atoms with E-state index in [1.165, 1.54) is 25.9 Å². The Morgan fingerprint density at radius 2 is 2.11 bits per heavy atom. The molecule has 1 heterocycles. The third kappa shape index (κ3) is 4.68. The van der Waals surface area contributed by atoms with E-state index in [4.69, 9.17) is 11.6 Å². The predicted molar refractivity (Wildman–Crippen MR) is 79.7 cm³/mol. The van der Waals surface area contributed by atoms with Crippen molar-refractivity contribution >= 4 is 11.6 Å². The van der Waals surface area contributed by atoms with Gasteiger partial charge >= 0.3 is 0 Å². The second kappa shape index (κ2) is 7.13. The lowest BCUT2D eigenvalue weighted by Crippen LogP contribution is -2.37. The van der Waals surface area contributed by atoms with Crippen molar-refractivity contribution in [1.29, 1.82) is 0 Å². The van der Waals surface area contributed by atoms with Gasteiger partial charge in [0.1, 0.15) is 5.75 Å². The highest BCUT2D eigenvalue weighted by Gasteiger charge is 2.14. The van der Waals surface area contributed by atoms with Gasteiger partial charge in [0, 0.05) is 19.6 Å². The normalized spacial score (nSPS) is 17.8. The summed E-state index contributed by atoms with van der Waals surface area (Å²) in [6.45, 7) is 7.70. The topological polar surface area (TPSA) is 35.5 Å². The second-order valence-corrected chi connectivity index (χ2v) is 5.89. The van der Waals surface area contributed by atoms with Gasteiger partial charge in [0.05, 0.1) is 5.02 Å². The first-order valence-electron chi connectivity index (χ1n) is 7.05. The van der Waals surface area contributed by atoms with Crippen LogP contribution in [0.5, 0.6) is 5.75 Å². The van der Waals surface area contributed by atoms with Crippen LogP contribution in [0, 0.1) is 5.92 Å². The number of piperidine rings is 1. The van der Waals surface area contributed by atoms with Gasteiger partial charge in [0.25, 0.3) is 0 Å². The van der Waals surface area contributed by atoms with Gasteiger partial charge < -0.3 is 15.3 Å². The number of likely N-dealkylation sites (tertiary alicyclic amines) is 1. The van der Waals surface area contributed by atoms with Crippen molar-refractivity contribution in [2.75, 3.05) is 26.2 Å². The van der Waals surface area contributed by atoms with Gasteiger partial charge in [0.15, 0.2) is 0 Å². The molecule has 0 spiro atoms. The Bertz CT molecular complexity index is 403. The van der Waals surface area contributed by atoms with Crippen LogP contribution >= 0.6 is 11.6 Å². The number of benzene rings is 1. The van der Waals surface area contributed by atoms with Crippen molar-refractivity contribution < 1.29 is 5.11 Å². The van der Waals surface area contributed by atoms with Crippen LogP contribution in [0.4, 0.5) is 0 Å². The van der Waals surface area contributed by atoms with Crippen molar-refractivity contribution in [1.82, 2.24) is 10.2 Å². The number of phenols is 1. The average Bonchev–Trinajstić information content (AvgIpc) is 2.41. The van der Waals surface area contributed by atoms with Crippen molar-refractivity contribution in [2.45, 2.75) is 26.3 Å². The number of rotatable bonds is 5. The van der Waals surface area contributed by atoms with Crippen LogP contribution < -0.4 is 5.32 Å². The van der Waals surface area contributed by atoms with E-state index in [-0.39, 0.29) is 5.75 Å². The molecule has 0 unspecified atom stereocenters. The van der Waals surface area contributed by atoms with Crippen LogP contribution in [0.1, 0.15) is 25.3 Å². The molecule has 3 nitrogen and oxygen atoms in total. The SMILES string of the molecule is CC1CCN(CCNCc2ccc(O)c(Cl)c2)CC1. The third-order valence-corrected chi connectivity index (χ3v) is 4.13. The fraction of sp³-hybridized carbons (Fsp3) is 0.600. The molecule has 1 aliphatic rings. The minimum absolute atomic E-state index is 0.146. The molecule has 2 rings (SSSR count). The van der Waals surface area contributed by atoms with Gasteiger partial charge in [0.2, 0.25) is 0 Å². The third-order valence-electron chi connectivity index (χ3n) is 3.82. The summed E-state index contributed by atoms with van der Waals surface area (Å²) in [6, 6.07) is 5.36. The molecular weight excluding hydrogens is 260 g/mol. The Labute approximate surface area is 120 Å². The highest BCUT2D eigenvalue weighted by Crippen LogP contribution is 2.23. The van der Waals surface area contributed by atoms with Gasteiger partial charge in [-0.3, -0.25) is 0 Å². The molecule has 0 atom stereocenters. The van der Waals surface area contributed by atoms with E-state index >= 15 is 0 Å². The molecule has 4 heteroatoms. The Hall–Kier alpha value is -0.770. The zero-order chi connectivity index (χ0) is 13.7. The molecule has 1 aromatic carbocycles. The van der Waals surface area contributed by atoms with E-state index in [9.17, 15) is 5.11 Å². The minimum Gasteiger partial charge on any atom is -0.506 e. The standard InChI is InChI=1S/C15H23ClN2O/c1-12-4-7-18(8-5-12)9-6-17-11-13-2-3-15(19)14(16)10-13/h2-3,10,12,17,19H,4-9,11H2,1H3. The Kier molecular flexibility index (Phi) is 5.49. The summed E-state index contributed by atoms with van der Waals surface area (Å²) in [4.78, 5) is 2.52. The van der Waals surface area contributed by atoms with E-state index < -0.39 is 0 Å². The molecule has 0 amide bonds. The summed E-state index contributed by atoms with van der Waals surface area (Å²) in [6.07, 6.45) is 2.65. The molecule has 1 aromatic rings. The molecule has 1 aliphatic heterocycles. The fourth-order valence-electron chi connectivity index (χ4n) is 2.42. The highest BCUT2D eigenvalue weighted by atomic mass is 35.5. The van der Waals surface area contributed by atoms with Gasteiger partial charge in [-0.2, -0.15) is 0 Å². The number of hydrogen-bond donors (Lipinski definition) is 2. The van der Waals surface area contributed by atoms with Crippen LogP contribution in [-0.4, -0.2) is 36.2 Å². The number of nitrogens with one attached hydrogen (secondary N) is 1. The molecule has 106 valence electrons. The molecule has 1 saturated heterocycles. The molecule has 2 N–H and O–H groups in total. The average molecular weight is 283 g/mol. The Balaban J connectivity index is 1.65.